The first-order valence-electron chi connectivity index (χ1n) is 16.9. The lowest BCUT2D eigenvalue weighted by Crippen LogP contribution is -2.21. The quantitative estimate of drug-likeness (QED) is 0.0752. The van der Waals surface area contributed by atoms with Crippen LogP contribution in [0.4, 0.5) is 0 Å². The van der Waals surface area contributed by atoms with Crippen LogP contribution < -0.4 is 0 Å². The predicted molar refractivity (Wildman–Crippen MR) is 164 cm³/mol. The van der Waals surface area contributed by atoms with Gasteiger partial charge in [0.15, 0.2) is 0 Å². The standard InChI is InChI=1S/C34H65NO4/c1-6-9-11-13-15-16-20-30-28-32(30)29(21-18-23-33(36)38-8-3)25-26-31(22-17-14-12-10-7-2)39-34(37)24-19-27-35(4)5/h29-32H,6-28H2,1-5H3. The molecule has 1 saturated carbocycles. The summed E-state index contributed by atoms with van der Waals surface area (Å²) in [6, 6.07) is 0. The van der Waals surface area contributed by atoms with E-state index in [0.29, 0.717) is 25.4 Å². The van der Waals surface area contributed by atoms with E-state index in [2.05, 4.69) is 18.7 Å². The van der Waals surface area contributed by atoms with E-state index in [9.17, 15) is 9.59 Å². The maximum Gasteiger partial charge on any atom is 0.306 e. The summed E-state index contributed by atoms with van der Waals surface area (Å²) >= 11 is 0. The number of nitrogens with zero attached hydrogens (tertiary/aromatic N) is 1. The van der Waals surface area contributed by atoms with Crippen LogP contribution >= 0.6 is 0 Å². The highest BCUT2D eigenvalue weighted by atomic mass is 16.5. The molecule has 0 amide bonds. The summed E-state index contributed by atoms with van der Waals surface area (Å²) in [6.07, 6.45) is 24.1. The molecule has 0 spiro atoms. The number of ether oxygens (including phenoxy) is 2. The molecule has 0 radical (unpaired) electrons. The Bertz CT molecular complexity index is 608. The second-order valence-electron chi connectivity index (χ2n) is 12.5. The van der Waals surface area contributed by atoms with Crippen LogP contribution in [-0.4, -0.2) is 50.2 Å². The fraction of sp³-hybridized carbons (Fsp3) is 0.941. The molecule has 5 heteroatoms. The van der Waals surface area contributed by atoms with Gasteiger partial charge in [0, 0.05) is 12.8 Å². The maximum absolute atomic E-state index is 12.6. The first-order chi connectivity index (χ1) is 18.9. The number of hydrogen-bond donors (Lipinski definition) is 0. The van der Waals surface area contributed by atoms with Gasteiger partial charge in [-0.2, -0.15) is 0 Å². The van der Waals surface area contributed by atoms with E-state index in [1.807, 2.05) is 21.0 Å². The Labute approximate surface area is 242 Å². The Morgan fingerprint density at radius 3 is 2.03 bits per heavy atom. The van der Waals surface area contributed by atoms with Crippen molar-refractivity contribution in [1.29, 1.82) is 0 Å². The van der Waals surface area contributed by atoms with E-state index in [1.54, 1.807) is 0 Å². The summed E-state index contributed by atoms with van der Waals surface area (Å²) in [4.78, 5) is 26.7. The number of carbonyl (C=O) groups is 2. The molecule has 0 aliphatic heterocycles. The second-order valence-corrected chi connectivity index (χ2v) is 12.5. The molecule has 0 aromatic carbocycles. The van der Waals surface area contributed by atoms with Crippen LogP contribution in [0.5, 0.6) is 0 Å². The minimum atomic E-state index is -0.0627. The van der Waals surface area contributed by atoms with Gasteiger partial charge in [-0.1, -0.05) is 84.5 Å². The van der Waals surface area contributed by atoms with E-state index in [-0.39, 0.29) is 18.0 Å². The van der Waals surface area contributed by atoms with Gasteiger partial charge in [-0.25, -0.2) is 0 Å². The summed E-state index contributed by atoms with van der Waals surface area (Å²) in [5.74, 6) is 2.21. The molecular weight excluding hydrogens is 486 g/mol. The third-order valence-corrected chi connectivity index (χ3v) is 8.55. The molecule has 230 valence electrons. The van der Waals surface area contributed by atoms with Crippen LogP contribution in [-0.2, 0) is 19.1 Å². The fourth-order valence-electron chi connectivity index (χ4n) is 6.10. The van der Waals surface area contributed by atoms with Gasteiger partial charge >= 0.3 is 11.9 Å². The molecule has 39 heavy (non-hydrogen) atoms. The van der Waals surface area contributed by atoms with Crippen molar-refractivity contribution in [2.75, 3.05) is 27.2 Å². The highest BCUT2D eigenvalue weighted by Gasteiger charge is 2.41. The summed E-state index contributed by atoms with van der Waals surface area (Å²) < 4.78 is 11.2. The van der Waals surface area contributed by atoms with Crippen LogP contribution in [0.15, 0.2) is 0 Å². The minimum absolute atomic E-state index is 0.0263. The number of carbonyl (C=O) groups excluding carboxylic acids is 2. The van der Waals surface area contributed by atoms with E-state index in [0.717, 1.165) is 63.3 Å². The normalized spacial score (nSPS) is 18.2. The molecule has 0 saturated heterocycles. The summed E-state index contributed by atoms with van der Waals surface area (Å²) in [6.45, 7) is 7.78. The van der Waals surface area contributed by atoms with Gasteiger partial charge in [-0.15, -0.1) is 0 Å². The lowest BCUT2D eigenvalue weighted by Gasteiger charge is -2.23. The van der Waals surface area contributed by atoms with Gasteiger partial charge in [-0.05, 0) is 96.7 Å². The number of unbranched alkanes of at least 4 members (excludes halogenated alkanes) is 9. The third-order valence-electron chi connectivity index (χ3n) is 8.55. The molecule has 0 N–H and O–H groups in total. The first kappa shape index (κ1) is 35.9. The molecule has 1 fully saturated rings. The number of rotatable bonds is 27. The van der Waals surface area contributed by atoms with Gasteiger partial charge < -0.3 is 14.4 Å². The van der Waals surface area contributed by atoms with E-state index < -0.39 is 0 Å². The number of hydrogen-bond acceptors (Lipinski definition) is 5. The first-order valence-corrected chi connectivity index (χ1v) is 16.9. The van der Waals surface area contributed by atoms with Gasteiger partial charge in [-0.3, -0.25) is 9.59 Å². The van der Waals surface area contributed by atoms with Crippen LogP contribution in [0.3, 0.4) is 0 Å². The van der Waals surface area contributed by atoms with Crippen LogP contribution in [0.2, 0.25) is 0 Å². The zero-order chi connectivity index (χ0) is 28.7. The zero-order valence-corrected chi connectivity index (χ0v) is 26.7. The SMILES string of the molecule is CCCCCCCCC1CC1C(CCCC(=O)OCC)CCC(CCCCCCC)OC(=O)CCCN(C)C. The summed E-state index contributed by atoms with van der Waals surface area (Å²) in [5, 5.41) is 0. The number of esters is 2. The molecule has 0 bridgehead atoms. The summed E-state index contributed by atoms with van der Waals surface area (Å²) in [7, 11) is 4.09. The maximum atomic E-state index is 12.6. The Morgan fingerprint density at radius 1 is 0.718 bits per heavy atom. The van der Waals surface area contributed by atoms with Gasteiger partial charge in [0.1, 0.15) is 6.10 Å². The molecule has 5 nitrogen and oxygen atoms in total. The highest BCUT2D eigenvalue weighted by molar-refractivity contribution is 5.69. The summed E-state index contributed by atoms with van der Waals surface area (Å²) in [5.41, 5.74) is 0. The van der Waals surface area contributed by atoms with Crippen molar-refractivity contribution >= 4 is 11.9 Å². The lowest BCUT2D eigenvalue weighted by atomic mass is 9.88. The van der Waals surface area contributed by atoms with Gasteiger partial charge in [0.25, 0.3) is 0 Å². The molecule has 1 rings (SSSR count). The van der Waals surface area contributed by atoms with Crippen molar-refractivity contribution < 1.29 is 19.1 Å². The van der Waals surface area contributed by atoms with Crippen molar-refractivity contribution in [2.45, 2.75) is 162 Å². The topological polar surface area (TPSA) is 55.8 Å². The average molecular weight is 552 g/mol. The average Bonchev–Trinajstić information content (AvgIpc) is 3.67. The van der Waals surface area contributed by atoms with E-state index in [4.69, 9.17) is 9.47 Å². The van der Waals surface area contributed by atoms with Crippen molar-refractivity contribution in [3.05, 3.63) is 0 Å². The Kier molecular flexibility index (Phi) is 21.7. The largest absolute Gasteiger partial charge is 0.466 e. The van der Waals surface area contributed by atoms with Crippen molar-refractivity contribution in [1.82, 2.24) is 4.90 Å². The molecule has 4 unspecified atom stereocenters. The van der Waals surface area contributed by atoms with Crippen LogP contribution in [0, 0.1) is 17.8 Å². The van der Waals surface area contributed by atoms with Gasteiger partial charge in [0.2, 0.25) is 0 Å². The molecule has 1 aliphatic rings. The Balaban J connectivity index is 2.62. The molecule has 1 aliphatic carbocycles. The van der Waals surface area contributed by atoms with Crippen LogP contribution in [0.25, 0.3) is 0 Å². The minimum Gasteiger partial charge on any atom is -0.466 e. The van der Waals surface area contributed by atoms with E-state index in [1.165, 1.54) is 77.0 Å². The van der Waals surface area contributed by atoms with Crippen molar-refractivity contribution in [2.24, 2.45) is 17.8 Å². The van der Waals surface area contributed by atoms with E-state index >= 15 is 0 Å². The zero-order valence-electron chi connectivity index (χ0n) is 26.7. The lowest BCUT2D eigenvalue weighted by molar-refractivity contribution is -0.150. The highest BCUT2D eigenvalue weighted by Crippen LogP contribution is 2.50. The molecule has 4 atom stereocenters. The smallest absolute Gasteiger partial charge is 0.306 e. The van der Waals surface area contributed by atoms with Crippen molar-refractivity contribution in [3.8, 4) is 0 Å². The van der Waals surface area contributed by atoms with Crippen molar-refractivity contribution in [3.63, 3.8) is 0 Å². The molecule has 0 heterocycles. The second kappa shape index (κ2) is 23.6. The molecule has 0 aromatic rings. The third kappa shape index (κ3) is 19.6. The Morgan fingerprint density at radius 2 is 1.36 bits per heavy atom. The molecule has 0 aromatic heterocycles. The fourth-order valence-corrected chi connectivity index (χ4v) is 6.10. The van der Waals surface area contributed by atoms with Crippen LogP contribution in [0.1, 0.15) is 156 Å². The predicted octanol–water partition coefficient (Wildman–Crippen LogP) is 9.12. The van der Waals surface area contributed by atoms with Gasteiger partial charge in [0.05, 0.1) is 6.61 Å². The Hall–Kier alpha value is -1.10. The molecular formula is C34H65NO4. The monoisotopic (exact) mass is 551 g/mol.